The second kappa shape index (κ2) is 4.65. The molecule has 0 aromatic carbocycles. The van der Waals surface area contributed by atoms with Crippen LogP contribution in [-0.4, -0.2) is 23.2 Å². The standard InChI is InChI=1S/C14H22N2O/c1-11-8-12(10-17)9-13(15-11)16-6-4-14(2,3)5-7-16/h8-9,17H,4-7,10H2,1-3H3. The minimum atomic E-state index is 0.0929. The first kappa shape index (κ1) is 12.4. The van der Waals surface area contributed by atoms with Crippen LogP contribution in [0.1, 0.15) is 37.9 Å². The molecule has 0 radical (unpaired) electrons. The molecular weight excluding hydrogens is 212 g/mol. The first-order valence-corrected chi connectivity index (χ1v) is 6.33. The predicted octanol–water partition coefficient (Wildman–Crippen LogP) is 2.51. The highest BCUT2D eigenvalue weighted by Crippen LogP contribution is 2.31. The highest BCUT2D eigenvalue weighted by molar-refractivity contribution is 5.43. The van der Waals surface area contributed by atoms with E-state index in [9.17, 15) is 5.11 Å². The molecule has 1 aromatic rings. The lowest BCUT2D eigenvalue weighted by atomic mass is 9.83. The van der Waals surface area contributed by atoms with Crippen molar-refractivity contribution in [2.75, 3.05) is 18.0 Å². The summed E-state index contributed by atoms with van der Waals surface area (Å²) < 4.78 is 0. The SMILES string of the molecule is Cc1cc(CO)cc(N2CCC(C)(C)CC2)n1. The van der Waals surface area contributed by atoms with Crippen LogP contribution >= 0.6 is 0 Å². The summed E-state index contributed by atoms with van der Waals surface area (Å²) in [5.74, 6) is 1.02. The summed E-state index contributed by atoms with van der Waals surface area (Å²) in [4.78, 5) is 6.90. The molecule has 0 bridgehead atoms. The van der Waals surface area contributed by atoms with Crippen molar-refractivity contribution in [2.24, 2.45) is 5.41 Å². The molecule has 17 heavy (non-hydrogen) atoms. The summed E-state index contributed by atoms with van der Waals surface area (Å²) in [5.41, 5.74) is 2.40. The lowest BCUT2D eigenvalue weighted by molar-refractivity contribution is 0.277. The molecule has 0 spiro atoms. The van der Waals surface area contributed by atoms with Crippen molar-refractivity contribution in [1.29, 1.82) is 0 Å². The van der Waals surface area contributed by atoms with Gasteiger partial charge in [0.1, 0.15) is 5.82 Å². The maximum Gasteiger partial charge on any atom is 0.129 e. The van der Waals surface area contributed by atoms with Crippen LogP contribution in [0.25, 0.3) is 0 Å². The van der Waals surface area contributed by atoms with E-state index in [1.165, 1.54) is 12.8 Å². The Balaban J connectivity index is 2.15. The Morgan fingerprint density at radius 2 is 1.94 bits per heavy atom. The summed E-state index contributed by atoms with van der Waals surface area (Å²) in [6.07, 6.45) is 2.41. The van der Waals surface area contributed by atoms with Crippen LogP contribution < -0.4 is 4.90 Å². The fraction of sp³-hybridized carbons (Fsp3) is 0.643. The molecule has 1 aliphatic heterocycles. The first-order chi connectivity index (χ1) is 8.00. The zero-order chi connectivity index (χ0) is 12.5. The monoisotopic (exact) mass is 234 g/mol. The van der Waals surface area contributed by atoms with Crippen LogP contribution in [0.2, 0.25) is 0 Å². The van der Waals surface area contributed by atoms with E-state index >= 15 is 0 Å². The van der Waals surface area contributed by atoms with Gasteiger partial charge in [-0.3, -0.25) is 0 Å². The van der Waals surface area contributed by atoms with Crippen molar-refractivity contribution in [3.05, 3.63) is 23.4 Å². The average Bonchev–Trinajstić information content (AvgIpc) is 2.28. The molecular formula is C14H22N2O. The second-order valence-electron chi connectivity index (χ2n) is 5.78. The number of piperidine rings is 1. The van der Waals surface area contributed by atoms with Crippen LogP contribution in [0.4, 0.5) is 5.82 Å². The van der Waals surface area contributed by atoms with Crippen molar-refractivity contribution in [1.82, 2.24) is 4.98 Å². The van der Waals surface area contributed by atoms with Gasteiger partial charge in [-0.05, 0) is 42.9 Å². The fourth-order valence-corrected chi connectivity index (χ4v) is 2.32. The molecule has 0 saturated carbocycles. The minimum Gasteiger partial charge on any atom is -0.392 e. The summed E-state index contributed by atoms with van der Waals surface area (Å²) in [7, 11) is 0. The van der Waals surface area contributed by atoms with Crippen LogP contribution in [0.5, 0.6) is 0 Å². The number of aryl methyl sites for hydroxylation is 1. The maximum absolute atomic E-state index is 9.22. The highest BCUT2D eigenvalue weighted by atomic mass is 16.3. The van der Waals surface area contributed by atoms with Crippen molar-refractivity contribution >= 4 is 5.82 Å². The summed E-state index contributed by atoms with van der Waals surface area (Å²) in [6.45, 7) is 8.86. The Morgan fingerprint density at radius 1 is 1.29 bits per heavy atom. The second-order valence-corrected chi connectivity index (χ2v) is 5.78. The molecule has 0 atom stereocenters. The smallest absolute Gasteiger partial charge is 0.129 e. The third-order valence-electron chi connectivity index (χ3n) is 3.62. The van der Waals surface area contributed by atoms with Gasteiger partial charge in [0.05, 0.1) is 6.61 Å². The van der Waals surface area contributed by atoms with E-state index in [0.717, 1.165) is 30.2 Å². The largest absolute Gasteiger partial charge is 0.392 e. The van der Waals surface area contributed by atoms with E-state index in [2.05, 4.69) is 23.7 Å². The summed E-state index contributed by atoms with van der Waals surface area (Å²) in [5, 5.41) is 9.22. The molecule has 1 saturated heterocycles. The highest BCUT2D eigenvalue weighted by Gasteiger charge is 2.26. The number of hydrogen-bond acceptors (Lipinski definition) is 3. The van der Waals surface area contributed by atoms with Gasteiger partial charge >= 0.3 is 0 Å². The van der Waals surface area contributed by atoms with Crippen molar-refractivity contribution in [3.63, 3.8) is 0 Å². The zero-order valence-corrected chi connectivity index (χ0v) is 11.0. The summed E-state index contributed by atoms with van der Waals surface area (Å²) in [6, 6.07) is 3.95. The summed E-state index contributed by atoms with van der Waals surface area (Å²) >= 11 is 0. The Labute approximate surface area is 103 Å². The molecule has 1 fully saturated rings. The maximum atomic E-state index is 9.22. The van der Waals surface area contributed by atoms with E-state index in [1.807, 2.05) is 19.1 Å². The number of aliphatic hydroxyl groups excluding tert-OH is 1. The minimum absolute atomic E-state index is 0.0929. The van der Waals surface area contributed by atoms with Gasteiger partial charge in [0, 0.05) is 18.8 Å². The molecule has 94 valence electrons. The fourth-order valence-electron chi connectivity index (χ4n) is 2.32. The Morgan fingerprint density at radius 3 is 2.53 bits per heavy atom. The number of anilines is 1. The topological polar surface area (TPSA) is 36.4 Å². The van der Waals surface area contributed by atoms with E-state index < -0.39 is 0 Å². The quantitative estimate of drug-likeness (QED) is 0.854. The molecule has 1 aliphatic rings. The van der Waals surface area contributed by atoms with Gasteiger partial charge in [0.2, 0.25) is 0 Å². The Kier molecular flexibility index (Phi) is 3.38. The van der Waals surface area contributed by atoms with Gasteiger partial charge in [-0.25, -0.2) is 4.98 Å². The van der Waals surface area contributed by atoms with Gasteiger partial charge in [0.25, 0.3) is 0 Å². The van der Waals surface area contributed by atoms with Gasteiger partial charge in [-0.15, -0.1) is 0 Å². The average molecular weight is 234 g/mol. The van der Waals surface area contributed by atoms with Crippen LogP contribution in [0, 0.1) is 12.3 Å². The third-order valence-corrected chi connectivity index (χ3v) is 3.62. The molecule has 1 aromatic heterocycles. The molecule has 3 nitrogen and oxygen atoms in total. The molecule has 1 N–H and O–H groups in total. The number of nitrogens with zero attached hydrogens (tertiary/aromatic N) is 2. The lowest BCUT2D eigenvalue weighted by Gasteiger charge is -2.37. The van der Waals surface area contributed by atoms with E-state index in [0.29, 0.717) is 5.41 Å². The Bertz CT molecular complexity index is 391. The number of aromatic nitrogens is 1. The Hall–Kier alpha value is -1.09. The zero-order valence-electron chi connectivity index (χ0n) is 11.0. The predicted molar refractivity (Wildman–Crippen MR) is 70.1 cm³/mol. The van der Waals surface area contributed by atoms with Crippen LogP contribution in [0.3, 0.4) is 0 Å². The number of pyridine rings is 1. The molecule has 3 heteroatoms. The van der Waals surface area contributed by atoms with Crippen molar-refractivity contribution < 1.29 is 5.11 Å². The van der Waals surface area contributed by atoms with Gasteiger partial charge in [-0.2, -0.15) is 0 Å². The van der Waals surface area contributed by atoms with E-state index in [-0.39, 0.29) is 6.61 Å². The molecule has 0 aliphatic carbocycles. The van der Waals surface area contributed by atoms with Crippen LogP contribution in [-0.2, 0) is 6.61 Å². The molecule has 2 rings (SSSR count). The normalized spacial score (nSPS) is 19.4. The molecule has 0 amide bonds. The van der Waals surface area contributed by atoms with Gasteiger partial charge in [0.15, 0.2) is 0 Å². The van der Waals surface area contributed by atoms with Crippen molar-refractivity contribution in [3.8, 4) is 0 Å². The van der Waals surface area contributed by atoms with Crippen molar-refractivity contribution in [2.45, 2.75) is 40.2 Å². The number of aliphatic hydroxyl groups is 1. The first-order valence-electron chi connectivity index (χ1n) is 6.33. The lowest BCUT2D eigenvalue weighted by Crippen LogP contribution is -2.37. The number of hydrogen-bond donors (Lipinski definition) is 1. The number of rotatable bonds is 2. The molecule has 0 unspecified atom stereocenters. The molecule has 2 heterocycles. The van der Waals surface area contributed by atoms with Gasteiger partial charge < -0.3 is 10.0 Å². The van der Waals surface area contributed by atoms with E-state index in [1.54, 1.807) is 0 Å². The van der Waals surface area contributed by atoms with E-state index in [4.69, 9.17) is 0 Å². The van der Waals surface area contributed by atoms with Crippen LogP contribution in [0.15, 0.2) is 12.1 Å². The van der Waals surface area contributed by atoms with Gasteiger partial charge in [-0.1, -0.05) is 13.8 Å². The third kappa shape index (κ3) is 2.97.